The van der Waals surface area contributed by atoms with Gasteiger partial charge in [-0.05, 0) is 53.6 Å². The Kier molecular flexibility index (Phi) is 7.74. The van der Waals surface area contributed by atoms with Gasteiger partial charge >= 0.3 is 5.97 Å². The van der Waals surface area contributed by atoms with E-state index in [1.807, 2.05) is 36.4 Å². The minimum absolute atomic E-state index is 0.00687. The number of ether oxygens (including phenoxy) is 2. The van der Waals surface area contributed by atoms with Crippen LogP contribution in [0.4, 0.5) is 0 Å². The lowest BCUT2D eigenvalue weighted by Crippen LogP contribution is -2.37. The molecule has 0 aromatic heterocycles. The molecular formula is C26H32N2O5. The number of carbonyl (C=O) groups excluding carboxylic acids is 3. The van der Waals surface area contributed by atoms with Crippen LogP contribution in [-0.4, -0.2) is 49.0 Å². The van der Waals surface area contributed by atoms with Crippen LogP contribution in [0.15, 0.2) is 48.5 Å². The number of hydrogen-bond acceptors (Lipinski definition) is 5. The molecule has 0 spiro atoms. The monoisotopic (exact) mass is 452 g/mol. The van der Waals surface area contributed by atoms with E-state index in [0.29, 0.717) is 12.1 Å². The molecule has 0 aliphatic heterocycles. The molecule has 1 aliphatic rings. The molecule has 1 N–H and O–H groups in total. The van der Waals surface area contributed by atoms with Crippen molar-refractivity contribution in [3.63, 3.8) is 0 Å². The molecule has 1 fully saturated rings. The Labute approximate surface area is 195 Å². The molecule has 1 aliphatic carbocycles. The van der Waals surface area contributed by atoms with Crippen LogP contribution < -0.4 is 10.1 Å². The average molecular weight is 453 g/mol. The zero-order chi connectivity index (χ0) is 24.0. The van der Waals surface area contributed by atoms with E-state index >= 15 is 0 Å². The van der Waals surface area contributed by atoms with Gasteiger partial charge in [0.2, 0.25) is 0 Å². The van der Waals surface area contributed by atoms with Crippen LogP contribution in [0.3, 0.4) is 0 Å². The second-order valence-electron chi connectivity index (χ2n) is 9.27. The van der Waals surface area contributed by atoms with E-state index in [9.17, 15) is 14.4 Å². The maximum atomic E-state index is 12.7. The molecule has 7 nitrogen and oxygen atoms in total. The molecule has 0 saturated heterocycles. The summed E-state index contributed by atoms with van der Waals surface area (Å²) in [5.74, 6) is -0.504. The molecule has 2 amide bonds. The van der Waals surface area contributed by atoms with Gasteiger partial charge in [-0.1, -0.05) is 45.0 Å². The Bertz CT molecular complexity index is 973. The Balaban J connectivity index is 1.45. The quantitative estimate of drug-likeness (QED) is 0.589. The summed E-state index contributed by atoms with van der Waals surface area (Å²) < 4.78 is 10.3. The predicted octanol–water partition coefficient (Wildman–Crippen LogP) is 3.46. The Morgan fingerprint density at radius 3 is 2.18 bits per heavy atom. The van der Waals surface area contributed by atoms with Crippen LogP contribution in [0, 0.1) is 0 Å². The van der Waals surface area contributed by atoms with Crippen molar-refractivity contribution in [3.05, 3.63) is 65.2 Å². The van der Waals surface area contributed by atoms with Crippen molar-refractivity contribution in [2.24, 2.45) is 0 Å². The first-order chi connectivity index (χ1) is 15.7. The third kappa shape index (κ3) is 7.07. The molecule has 1 saturated carbocycles. The number of rotatable bonds is 9. The number of nitrogens with one attached hydrogen (secondary N) is 1. The first-order valence-corrected chi connectivity index (χ1v) is 11.1. The maximum absolute atomic E-state index is 12.7. The number of nitrogens with zero attached hydrogens (tertiary/aromatic N) is 1. The predicted molar refractivity (Wildman–Crippen MR) is 125 cm³/mol. The first kappa shape index (κ1) is 24.3. The molecule has 0 bridgehead atoms. The summed E-state index contributed by atoms with van der Waals surface area (Å²) in [4.78, 5) is 38.8. The van der Waals surface area contributed by atoms with Crippen LogP contribution in [0.2, 0.25) is 0 Å². The number of hydrogen-bond donors (Lipinski definition) is 1. The van der Waals surface area contributed by atoms with E-state index in [-0.39, 0.29) is 36.4 Å². The Morgan fingerprint density at radius 2 is 1.64 bits per heavy atom. The van der Waals surface area contributed by atoms with Gasteiger partial charge in [0.1, 0.15) is 12.3 Å². The van der Waals surface area contributed by atoms with Gasteiger partial charge in [0, 0.05) is 18.2 Å². The molecule has 0 atom stereocenters. The number of benzene rings is 2. The second-order valence-corrected chi connectivity index (χ2v) is 9.27. The minimum atomic E-state index is -0.650. The topological polar surface area (TPSA) is 84.9 Å². The van der Waals surface area contributed by atoms with Crippen LogP contribution in [0.5, 0.6) is 5.75 Å². The summed E-state index contributed by atoms with van der Waals surface area (Å²) >= 11 is 0. The van der Waals surface area contributed by atoms with Crippen LogP contribution >= 0.6 is 0 Å². The summed E-state index contributed by atoms with van der Waals surface area (Å²) in [5.41, 5.74) is 2.55. The van der Waals surface area contributed by atoms with Crippen molar-refractivity contribution < 1.29 is 23.9 Å². The molecule has 2 aromatic rings. The maximum Gasteiger partial charge on any atom is 0.325 e. The largest absolute Gasteiger partial charge is 0.497 e. The van der Waals surface area contributed by atoms with E-state index < -0.39 is 5.97 Å². The van der Waals surface area contributed by atoms with Gasteiger partial charge in [0.15, 0.2) is 6.61 Å². The molecule has 0 radical (unpaired) electrons. The lowest BCUT2D eigenvalue weighted by molar-refractivity contribution is -0.151. The highest BCUT2D eigenvalue weighted by atomic mass is 16.5. The average Bonchev–Trinajstić information content (AvgIpc) is 3.64. The smallest absolute Gasteiger partial charge is 0.325 e. The molecule has 2 aromatic carbocycles. The van der Waals surface area contributed by atoms with Gasteiger partial charge in [-0.2, -0.15) is 0 Å². The van der Waals surface area contributed by atoms with Gasteiger partial charge < -0.3 is 19.7 Å². The molecule has 7 heteroatoms. The summed E-state index contributed by atoms with van der Waals surface area (Å²) in [6.07, 6.45) is 1.89. The number of esters is 1. The SMILES string of the molecule is COc1ccc(CN(C(=O)COC(=O)CNC(=O)c2ccc(C(C)(C)C)cc2)C2CC2)cc1. The Hall–Kier alpha value is -3.35. The number of amides is 2. The van der Waals surface area contributed by atoms with E-state index in [1.54, 1.807) is 24.1 Å². The standard InChI is InChI=1S/C26H32N2O5/c1-26(2,3)20-9-7-19(8-10-20)25(31)27-15-24(30)33-17-23(29)28(21-11-12-21)16-18-5-13-22(32-4)14-6-18/h5-10,13-14,21H,11-12,15-17H2,1-4H3,(H,27,31). The first-order valence-electron chi connectivity index (χ1n) is 11.1. The van der Waals surface area contributed by atoms with Crippen LogP contribution in [-0.2, 0) is 26.3 Å². The summed E-state index contributed by atoms with van der Waals surface area (Å²) in [7, 11) is 1.61. The highest BCUT2D eigenvalue weighted by molar-refractivity contribution is 5.96. The molecule has 3 rings (SSSR count). The summed E-state index contributed by atoms with van der Waals surface area (Å²) in [6, 6.07) is 15.0. The molecule has 0 unspecified atom stereocenters. The number of carbonyl (C=O) groups is 3. The van der Waals surface area contributed by atoms with Crippen molar-refractivity contribution in [3.8, 4) is 5.75 Å². The van der Waals surface area contributed by atoms with Crippen molar-refractivity contribution in [2.45, 2.75) is 51.6 Å². The lowest BCUT2D eigenvalue weighted by Gasteiger charge is -2.22. The van der Waals surface area contributed by atoms with E-state index in [0.717, 1.165) is 29.7 Å². The van der Waals surface area contributed by atoms with Gasteiger partial charge in [0.05, 0.1) is 7.11 Å². The lowest BCUT2D eigenvalue weighted by atomic mass is 9.87. The second kappa shape index (κ2) is 10.5. The zero-order valence-electron chi connectivity index (χ0n) is 19.7. The molecule has 176 valence electrons. The fraction of sp³-hybridized carbons (Fsp3) is 0.423. The van der Waals surface area contributed by atoms with Gasteiger partial charge in [0.25, 0.3) is 11.8 Å². The van der Waals surface area contributed by atoms with Gasteiger partial charge in [-0.15, -0.1) is 0 Å². The van der Waals surface area contributed by atoms with Crippen LogP contribution in [0.1, 0.15) is 55.1 Å². The number of methoxy groups -OCH3 is 1. The Morgan fingerprint density at radius 1 is 1.00 bits per heavy atom. The van der Waals surface area contributed by atoms with Gasteiger partial charge in [-0.3, -0.25) is 14.4 Å². The van der Waals surface area contributed by atoms with E-state index in [2.05, 4.69) is 26.1 Å². The summed E-state index contributed by atoms with van der Waals surface area (Å²) in [6.45, 7) is 6.10. The zero-order valence-corrected chi connectivity index (χ0v) is 19.7. The van der Waals surface area contributed by atoms with Crippen molar-refractivity contribution in [2.75, 3.05) is 20.3 Å². The molecule has 33 heavy (non-hydrogen) atoms. The van der Waals surface area contributed by atoms with Crippen LogP contribution in [0.25, 0.3) is 0 Å². The van der Waals surface area contributed by atoms with E-state index in [4.69, 9.17) is 9.47 Å². The molecule has 0 heterocycles. The van der Waals surface area contributed by atoms with Gasteiger partial charge in [-0.25, -0.2) is 0 Å². The molecular weight excluding hydrogens is 420 g/mol. The van der Waals surface area contributed by atoms with Crippen molar-refractivity contribution >= 4 is 17.8 Å². The third-order valence-electron chi connectivity index (χ3n) is 5.58. The van der Waals surface area contributed by atoms with Crippen molar-refractivity contribution in [1.29, 1.82) is 0 Å². The summed E-state index contributed by atoms with van der Waals surface area (Å²) in [5, 5.41) is 2.55. The fourth-order valence-electron chi connectivity index (χ4n) is 3.39. The fourth-order valence-corrected chi connectivity index (χ4v) is 3.39. The normalized spacial score (nSPS) is 13.2. The van der Waals surface area contributed by atoms with E-state index in [1.165, 1.54) is 0 Å². The highest BCUT2D eigenvalue weighted by Crippen LogP contribution is 2.29. The third-order valence-corrected chi connectivity index (χ3v) is 5.58. The highest BCUT2D eigenvalue weighted by Gasteiger charge is 2.33. The minimum Gasteiger partial charge on any atom is -0.497 e. The van der Waals surface area contributed by atoms with Crippen molar-refractivity contribution in [1.82, 2.24) is 10.2 Å².